The zero-order chi connectivity index (χ0) is 14.4. The molecule has 0 bridgehead atoms. The lowest BCUT2D eigenvalue weighted by atomic mass is 9.93. The molecule has 4 nitrogen and oxygen atoms in total. The Labute approximate surface area is 120 Å². The summed E-state index contributed by atoms with van der Waals surface area (Å²) in [7, 11) is 0. The number of piperidine rings is 1. The minimum Gasteiger partial charge on any atom is -0.387 e. The first-order valence-electron chi connectivity index (χ1n) is 7.39. The van der Waals surface area contributed by atoms with E-state index in [2.05, 4.69) is 4.90 Å². The largest absolute Gasteiger partial charge is 0.387 e. The van der Waals surface area contributed by atoms with Crippen LogP contribution in [0.25, 0.3) is 0 Å². The van der Waals surface area contributed by atoms with Gasteiger partial charge in [-0.05, 0) is 37.3 Å². The summed E-state index contributed by atoms with van der Waals surface area (Å²) in [6.07, 6.45) is 3.19. The average Bonchev–Trinajstić information content (AvgIpc) is 2.46. The number of aliphatic hydroxyl groups is 1. The number of carbonyl (C=O) groups excluding carboxylic acids is 1. The summed E-state index contributed by atoms with van der Waals surface area (Å²) in [6, 6.07) is 9.77. The van der Waals surface area contributed by atoms with Crippen molar-refractivity contribution < 1.29 is 9.90 Å². The molecule has 0 spiro atoms. The van der Waals surface area contributed by atoms with Crippen LogP contribution in [0.2, 0.25) is 0 Å². The van der Waals surface area contributed by atoms with Crippen molar-refractivity contribution in [1.29, 1.82) is 0 Å². The van der Waals surface area contributed by atoms with Crippen LogP contribution in [0.15, 0.2) is 30.3 Å². The van der Waals surface area contributed by atoms with Crippen LogP contribution in [0, 0.1) is 5.92 Å². The number of benzene rings is 1. The summed E-state index contributed by atoms with van der Waals surface area (Å²) in [6.45, 7) is 2.64. The van der Waals surface area contributed by atoms with Crippen molar-refractivity contribution in [3.8, 4) is 0 Å². The quantitative estimate of drug-likeness (QED) is 0.831. The minimum atomic E-state index is -0.439. The molecule has 0 saturated carbocycles. The first kappa shape index (κ1) is 15.0. The molecule has 20 heavy (non-hydrogen) atoms. The van der Waals surface area contributed by atoms with Gasteiger partial charge in [0.2, 0.25) is 5.91 Å². The molecular formula is C16H24N2O2. The van der Waals surface area contributed by atoms with Crippen molar-refractivity contribution in [2.75, 3.05) is 19.6 Å². The maximum absolute atomic E-state index is 10.9. The Morgan fingerprint density at radius 3 is 2.85 bits per heavy atom. The number of rotatable bonds is 6. The second-order valence-corrected chi connectivity index (χ2v) is 5.70. The van der Waals surface area contributed by atoms with Crippen LogP contribution < -0.4 is 5.73 Å². The molecule has 4 heteroatoms. The van der Waals surface area contributed by atoms with Gasteiger partial charge >= 0.3 is 0 Å². The number of hydrogen-bond donors (Lipinski definition) is 2. The zero-order valence-corrected chi connectivity index (χ0v) is 11.9. The standard InChI is InChI=1S/C16H24N2O2/c17-16(20)9-8-13-5-4-10-18(11-13)12-15(19)14-6-2-1-3-7-14/h1-3,6-7,13,15,19H,4-5,8-12H2,(H2,17,20). The number of β-amino-alcohol motifs (C(OH)–C–C–N with tert-alkyl or cyclic N) is 1. The third kappa shape index (κ3) is 4.62. The molecule has 1 amide bonds. The second kappa shape index (κ2) is 7.41. The van der Waals surface area contributed by atoms with Gasteiger partial charge in [-0.15, -0.1) is 0 Å². The molecule has 2 atom stereocenters. The molecule has 0 aliphatic carbocycles. The second-order valence-electron chi connectivity index (χ2n) is 5.70. The van der Waals surface area contributed by atoms with Gasteiger partial charge in [-0.1, -0.05) is 30.3 Å². The molecule has 1 aliphatic heterocycles. The van der Waals surface area contributed by atoms with Crippen molar-refractivity contribution in [2.45, 2.75) is 31.8 Å². The normalized spacial score (nSPS) is 21.6. The van der Waals surface area contributed by atoms with Gasteiger partial charge < -0.3 is 15.7 Å². The summed E-state index contributed by atoms with van der Waals surface area (Å²) in [5.41, 5.74) is 6.17. The number of primary amides is 1. The van der Waals surface area contributed by atoms with E-state index < -0.39 is 6.10 Å². The van der Waals surface area contributed by atoms with Crippen LogP contribution >= 0.6 is 0 Å². The topological polar surface area (TPSA) is 66.6 Å². The van der Waals surface area contributed by atoms with E-state index in [4.69, 9.17) is 5.73 Å². The fourth-order valence-corrected chi connectivity index (χ4v) is 2.92. The summed E-state index contributed by atoms with van der Waals surface area (Å²) < 4.78 is 0. The average molecular weight is 276 g/mol. The maximum atomic E-state index is 10.9. The highest BCUT2D eigenvalue weighted by Crippen LogP contribution is 2.23. The van der Waals surface area contributed by atoms with E-state index in [1.807, 2.05) is 30.3 Å². The van der Waals surface area contributed by atoms with Crippen LogP contribution in [0.4, 0.5) is 0 Å². The molecule has 1 saturated heterocycles. The summed E-state index contributed by atoms with van der Waals surface area (Å²) >= 11 is 0. The minimum absolute atomic E-state index is 0.216. The van der Waals surface area contributed by atoms with E-state index in [0.717, 1.165) is 37.9 Å². The van der Waals surface area contributed by atoms with Gasteiger partial charge in [0.15, 0.2) is 0 Å². The van der Waals surface area contributed by atoms with E-state index in [1.54, 1.807) is 0 Å². The molecule has 3 N–H and O–H groups in total. The SMILES string of the molecule is NC(=O)CCC1CCCN(CC(O)c2ccccc2)C1. The molecule has 2 unspecified atom stereocenters. The highest BCUT2D eigenvalue weighted by Gasteiger charge is 2.22. The molecule has 1 aliphatic rings. The number of likely N-dealkylation sites (tertiary alicyclic amines) is 1. The van der Waals surface area contributed by atoms with Crippen molar-refractivity contribution >= 4 is 5.91 Å². The van der Waals surface area contributed by atoms with Gasteiger partial charge in [-0.2, -0.15) is 0 Å². The van der Waals surface area contributed by atoms with Gasteiger partial charge in [0.1, 0.15) is 0 Å². The highest BCUT2D eigenvalue weighted by molar-refractivity contribution is 5.73. The zero-order valence-electron chi connectivity index (χ0n) is 11.9. The molecular weight excluding hydrogens is 252 g/mol. The lowest BCUT2D eigenvalue weighted by Crippen LogP contribution is -2.38. The van der Waals surface area contributed by atoms with E-state index in [-0.39, 0.29) is 5.91 Å². The Morgan fingerprint density at radius 1 is 1.40 bits per heavy atom. The highest BCUT2D eigenvalue weighted by atomic mass is 16.3. The van der Waals surface area contributed by atoms with Gasteiger partial charge in [-0.3, -0.25) is 4.79 Å². The summed E-state index contributed by atoms with van der Waals surface area (Å²) in [5, 5.41) is 10.3. The molecule has 0 radical (unpaired) electrons. The molecule has 1 heterocycles. The van der Waals surface area contributed by atoms with Gasteiger partial charge in [0, 0.05) is 19.5 Å². The predicted molar refractivity (Wildman–Crippen MR) is 79.0 cm³/mol. The van der Waals surface area contributed by atoms with Gasteiger partial charge in [0.25, 0.3) is 0 Å². The number of hydrogen-bond acceptors (Lipinski definition) is 3. The Morgan fingerprint density at radius 2 is 2.15 bits per heavy atom. The van der Waals surface area contributed by atoms with Crippen molar-refractivity contribution in [2.24, 2.45) is 11.7 Å². The number of amides is 1. The third-order valence-electron chi connectivity index (χ3n) is 4.02. The Bertz CT molecular complexity index is 422. The molecule has 0 aromatic heterocycles. The van der Waals surface area contributed by atoms with Gasteiger partial charge in [0.05, 0.1) is 6.10 Å². The van der Waals surface area contributed by atoms with E-state index >= 15 is 0 Å². The van der Waals surface area contributed by atoms with Crippen LogP contribution in [0.5, 0.6) is 0 Å². The molecule has 1 aromatic rings. The predicted octanol–water partition coefficient (Wildman–Crippen LogP) is 1.70. The van der Waals surface area contributed by atoms with Crippen LogP contribution in [0.1, 0.15) is 37.4 Å². The fraction of sp³-hybridized carbons (Fsp3) is 0.562. The number of carbonyl (C=O) groups is 1. The maximum Gasteiger partial charge on any atom is 0.217 e. The van der Waals surface area contributed by atoms with Gasteiger partial charge in [-0.25, -0.2) is 0 Å². The Hall–Kier alpha value is -1.39. The molecule has 1 aromatic carbocycles. The summed E-state index contributed by atoms with van der Waals surface area (Å²) in [5.74, 6) is 0.311. The van der Waals surface area contributed by atoms with E-state index in [9.17, 15) is 9.90 Å². The fourth-order valence-electron chi connectivity index (χ4n) is 2.92. The monoisotopic (exact) mass is 276 g/mol. The van der Waals surface area contributed by atoms with Crippen molar-refractivity contribution in [3.63, 3.8) is 0 Å². The number of nitrogens with two attached hydrogens (primary N) is 1. The smallest absolute Gasteiger partial charge is 0.217 e. The third-order valence-corrected chi connectivity index (χ3v) is 4.02. The molecule has 110 valence electrons. The Kier molecular flexibility index (Phi) is 5.56. The van der Waals surface area contributed by atoms with Crippen LogP contribution in [-0.2, 0) is 4.79 Å². The van der Waals surface area contributed by atoms with Crippen molar-refractivity contribution in [1.82, 2.24) is 4.90 Å². The first-order chi connectivity index (χ1) is 9.65. The lowest BCUT2D eigenvalue weighted by Gasteiger charge is -2.34. The lowest BCUT2D eigenvalue weighted by molar-refractivity contribution is -0.118. The number of nitrogens with zero attached hydrogens (tertiary/aromatic N) is 1. The van der Waals surface area contributed by atoms with Crippen LogP contribution in [-0.4, -0.2) is 35.5 Å². The van der Waals surface area contributed by atoms with Crippen molar-refractivity contribution in [3.05, 3.63) is 35.9 Å². The first-order valence-corrected chi connectivity index (χ1v) is 7.39. The van der Waals surface area contributed by atoms with Crippen LogP contribution in [0.3, 0.4) is 0 Å². The number of aliphatic hydroxyl groups excluding tert-OH is 1. The van der Waals surface area contributed by atoms with E-state index in [1.165, 1.54) is 0 Å². The Balaban J connectivity index is 1.82. The molecule has 2 rings (SSSR count). The summed E-state index contributed by atoms with van der Waals surface area (Å²) in [4.78, 5) is 13.2. The van der Waals surface area contributed by atoms with E-state index in [0.29, 0.717) is 18.9 Å². The molecule has 1 fully saturated rings.